The van der Waals surface area contributed by atoms with Crippen LogP contribution in [0.4, 0.5) is 0 Å². The Hall–Kier alpha value is -0.610. The van der Waals surface area contributed by atoms with Gasteiger partial charge in [0.2, 0.25) is 5.91 Å². The van der Waals surface area contributed by atoms with Crippen LogP contribution in [0.15, 0.2) is 0 Å². The van der Waals surface area contributed by atoms with Crippen LogP contribution < -0.4 is 5.32 Å². The van der Waals surface area contributed by atoms with Crippen molar-refractivity contribution in [1.82, 2.24) is 5.32 Å². The van der Waals surface area contributed by atoms with E-state index < -0.39 is 0 Å². The SMILES string of the molecule is CC1CCC(CCC(=O)NC(C)C(C)CO)O1. The fraction of sp³-hybridized carbons (Fsp3) is 0.923. The van der Waals surface area contributed by atoms with Crippen LogP contribution >= 0.6 is 0 Å². The quantitative estimate of drug-likeness (QED) is 0.742. The highest BCUT2D eigenvalue weighted by Gasteiger charge is 2.22. The number of carbonyl (C=O) groups is 1. The maximum absolute atomic E-state index is 11.7. The first-order valence-corrected chi connectivity index (χ1v) is 6.58. The number of carbonyl (C=O) groups excluding carboxylic acids is 1. The predicted octanol–water partition coefficient (Wildman–Crippen LogP) is 1.47. The van der Waals surface area contributed by atoms with E-state index in [9.17, 15) is 4.79 Å². The second-order valence-electron chi connectivity index (χ2n) is 5.20. The van der Waals surface area contributed by atoms with Gasteiger partial charge in [0, 0.05) is 19.1 Å². The van der Waals surface area contributed by atoms with Gasteiger partial charge in [-0.05, 0) is 39.0 Å². The minimum atomic E-state index is 0.0240. The van der Waals surface area contributed by atoms with Crippen LogP contribution in [-0.4, -0.2) is 35.9 Å². The van der Waals surface area contributed by atoms with E-state index in [2.05, 4.69) is 12.2 Å². The highest BCUT2D eigenvalue weighted by Crippen LogP contribution is 2.22. The largest absolute Gasteiger partial charge is 0.396 e. The second-order valence-corrected chi connectivity index (χ2v) is 5.20. The van der Waals surface area contributed by atoms with E-state index in [0.717, 1.165) is 19.3 Å². The molecule has 0 bridgehead atoms. The summed E-state index contributed by atoms with van der Waals surface area (Å²) in [6.45, 7) is 6.02. The Kier molecular flexibility index (Phi) is 5.92. The summed E-state index contributed by atoms with van der Waals surface area (Å²) in [7, 11) is 0. The van der Waals surface area contributed by atoms with Crippen molar-refractivity contribution in [3.63, 3.8) is 0 Å². The van der Waals surface area contributed by atoms with Gasteiger partial charge < -0.3 is 15.2 Å². The fourth-order valence-corrected chi connectivity index (χ4v) is 2.02. The number of ether oxygens (including phenoxy) is 1. The van der Waals surface area contributed by atoms with Gasteiger partial charge in [0.05, 0.1) is 12.2 Å². The summed E-state index contributed by atoms with van der Waals surface area (Å²) in [5.74, 6) is 0.155. The molecule has 1 aliphatic rings. The molecule has 0 aromatic carbocycles. The molecule has 1 heterocycles. The molecule has 4 heteroatoms. The van der Waals surface area contributed by atoms with Crippen molar-refractivity contribution in [1.29, 1.82) is 0 Å². The Morgan fingerprint density at radius 2 is 2.18 bits per heavy atom. The van der Waals surface area contributed by atoms with Gasteiger partial charge >= 0.3 is 0 Å². The van der Waals surface area contributed by atoms with Gasteiger partial charge in [0.1, 0.15) is 0 Å². The van der Waals surface area contributed by atoms with Crippen molar-refractivity contribution < 1.29 is 14.6 Å². The number of hydrogen-bond acceptors (Lipinski definition) is 3. The highest BCUT2D eigenvalue weighted by molar-refractivity contribution is 5.76. The lowest BCUT2D eigenvalue weighted by atomic mass is 10.0. The lowest BCUT2D eigenvalue weighted by Gasteiger charge is -2.19. The summed E-state index contributed by atoms with van der Waals surface area (Å²) >= 11 is 0. The van der Waals surface area contributed by atoms with Crippen LogP contribution in [0, 0.1) is 5.92 Å². The van der Waals surface area contributed by atoms with Crippen molar-refractivity contribution in [2.24, 2.45) is 5.92 Å². The number of aliphatic hydroxyl groups is 1. The Bertz CT molecular complexity index is 245. The molecule has 0 spiro atoms. The lowest BCUT2D eigenvalue weighted by molar-refractivity contribution is -0.122. The molecular weight excluding hydrogens is 218 g/mol. The number of aliphatic hydroxyl groups excluding tert-OH is 1. The smallest absolute Gasteiger partial charge is 0.220 e. The molecule has 0 aromatic heterocycles. The third kappa shape index (κ3) is 5.04. The number of nitrogens with one attached hydrogen (secondary N) is 1. The molecule has 1 saturated heterocycles. The summed E-state index contributed by atoms with van der Waals surface area (Å²) in [4.78, 5) is 11.7. The van der Waals surface area contributed by atoms with Gasteiger partial charge in [-0.15, -0.1) is 0 Å². The summed E-state index contributed by atoms with van der Waals surface area (Å²) in [6, 6.07) is 0.0240. The molecule has 0 radical (unpaired) electrons. The Morgan fingerprint density at radius 3 is 2.71 bits per heavy atom. The van der Waals surface area contributed by atoms with Gasteiger partial charge in [0.25, 0.3) is 0 Å². The zero-order chi connectivity index (χ0) is 12.8. The number of rotatable bonds is 6. The summed E-state index contributed by atoms with van der Waals surface area (Å²) < 4.78 is 5.67. The second kappa shape index (κ2) is 6.97. The standard InChI is InChI=1S/C13H25NO3/c1-9(8-15)11(3)14-13(16)7-6-12-5-4-10(2)17-12/h9-12,15H,4-8H2,1-3H3,(H,14,16). The molecule has 4 atom stereocenters. The molecule has 1 fully saturated rings. The first-order valence-electron chi connectivity index (χ1n) is 6.58. The average molecular weight is 243 g/mol. The van der Waals surface area contributed by atoms with E-state index in [1.54, 1.807) is 0 Å². The molecule has 1 rings (SSSR count). The average Bonchev–Trinajstić information content (AvgIpc) is 2.71. The predicted molar refractivity (Wildman–Crippen MR) is 66.7 cm³/mol. The van der Waals surface area contributed by atoms with Crippen molar-refractivity contribution in [3.8, 4) is 0 Å². The van der Waals surface area contributed by atoms with Gasteiger partial charge in [-0.25, -0.2) is 0 Å². The van der Waals surface area contributed by atoms with Crippen LogP contribution in [0.5, 0.6) is 0 Å². The van der Waals surface area contributed by atoms with Gasteiger partial charge in [-0.2, -0.15) is 0 Å². The van der Waals surface area contributed by atoms with Crippen LogP contribution in [0.1, 0.15) is 46.5 Å². The molecule has 1 amide bonds. The normalized spacial score (nSPS) is 27.8. The third-order valence-electron chi connectivity index (χ3n) is 3.54. The van der Waals surface area contributed by atoms with E-state index in [0.29, 0.717) is 12.5 Å². The molecular formula is C13H25NO3. The van der Waals surface area contributed by atoms with E-state index in [-0.39, 0.29) is 30.6 Å². The van der Waals surface area contributed by atoms with Crippen LogP contribution in [-0.2, 0) is 9.53 Å². The van der Waals surface area contributed by atoms with Crippen LogP contribution in [0.2, 0.25) is 0 Å². The van der Waals surface area contributed by atoms with Crippen molar-refractivity contribution in [3.05, 3.63) is 0 Å². The number of hydrogen-bond donors (Lipinski definition) is 2. The molecule has 0 aromatic rings. The Labute approximate surface area is 104 Å². The van der Waals surface area contributed by atoms with E-state index in [4.69, 9.17) is 9.84 Å². The van der Waals surface area contributed by atoms with Crippen molar-refractivity contribution in [2.45, 2.75) is 64.7 Å². The molecule has 0 saturated carbocycles. The van der Waals surface area contributed by atoms with Gasteiger partial charge in [0.15, 0.2) is 0 Å². The van der Waals surface area contributed by atoms with Crippen LogP contribution in [0.25, 0.3) is 0 Å². The zero-order valence-corrected chi connectivity index (χ0v) is 11.1. The van der Waals surface area contributed by atoms with Gasteiger partial charge in [-0.1, -0.05) is 6.92 Å². The molecule has 4 nitrogen and oxygen atoms in total. The van der Waals surface area contributed by atoms with Crippen molar-refractivity contribution in [2.75, 3.05) is 6.61 Å². The third-order valence-corrected chi connectivity index (χ3v) is 3.54. The first kappa shape index (κ1) is 14.5. The van der Waals surface area contributed by atoms with Crippen LogP contribution in [0.3, 0.4) is 0 Å². The fourth-order valence-electron chi connectivity index (χ4n) is 2.02. The minimum Gasteiger partial charge on any atom is -0.396 e. The maximum Gasteiger partial charge on any atom is 0.220 e. The molecule has 100 valence electrons. The topological polar surface area (TPSA) is 58.6 Å². The molecule has 1 aliphatic heterocycles. The Morgan fingerprint density at radius 1 is 1.47 bits per heavy atom. The molecule has 4 unspecified atom stereocenters. The van der Waals surface area contributed by atoms with Crippen molar-refractivity contribution >= 4 is 5.91 Å². The van der Waals surface area contributed by atoms with Gasteiger partial charge in [-0.3, -0.25) is 4.79 Å². The van der Waals surface area contributed by atoms with E-state index in [1.165, 1.54) is 0 Å². The molecule has 0 aliphatic carbocycles. The molecule has 17 heavy (non-hydrogen) atoms. The Balaban J connectivity index is 2.17. The molecule has 2 N–H and O–H groups in total. The zero-order valence-electron chi connectivity index (χ0n) is 11.1. The maximum atomic E-state index is 11.7. The summed E-state index contributed by atoms with van der Waals surface area (Å²) in [5, 5.41) is 11.9. The summed E-state index contributed by atoms with van der Waals surface area (Å²) in [6.07, 6.45) is 4.08. The highest BCUT2D eigenvalue weighted by atomic mass is 16.5. The first-order chi connectivity index (χ1) is 8.02. The number of amides is 1. The van der Waals surface area contributed by atoms with E-state index in [1.807, 2.05) is 13.8 Å². The monoisotopic (exact) mass is 243 g/mol. The van der Waals surface area contributed by atoms with E-state index >= 15 is 0 Å². The summed E-state index contributed by atoms with van der Waals surface area (Å²) in [5.41, 5.74) is 0. The minimum absolute atomic E-state index is 0.0240. The lowest BCUT2D eigenvalue weighted by Crippen LogP contribution is -2.38.